The van der Waals surface area contributed by atoms with Crippen LogP contribution < -0.4 is 5.32 Å². The molecule has 8 nitrogen and oxygen atoms in total. The molecule has 0 saturated heterocycles. The Morgan fingerprint density at radius 3 is 1.52 bits per heavy atom. The maximum Gasteiger partial charge on any atom is 0.460 e. The summed E-state index contributed by atoms with van der Waals surface area (Å²) in [5.74, 6) is -53.0. The van der Waals surface area contributed by atoms with E-state index in [1.165, 1.54) is 0 Å². The average molecular weight is 712 g/mol. The first-order chi connectivity index (χ1) is 19.3. The zero-order valence-electron chi connectivity index (χ0n) is 21.1. The van der Waals surface area contributed by atoms with Gasteiger partial charge in [0.05, 0.1) is 13.2 Å². The Kier molecular flexibility index (Phi) is 12.1. The van der Waals surface area contributed by atoms with Crippen LogP contribution in [0.15, 0.2) is 12.7 Å². The van der Waals surface area contributed by atoms with Gasteiger partial charge in [0, 0.05) is 19.7 Å². The lowest BCUT2D eigenvalue weighted by molar-refractivity contribution is -0.458. The standard InChI is InChI=1S/C18H17F17N2O6S/c1-3-9(38)42-8-5-36-10(39)43-7-4-6-37(2)44(40,41)18(34,35)16(29,30)14(25,26)12(21,22)11(19,20)13(23,24)15(27,28)17(31,32)33/h3H,1,4-8H2,2H3,(H,36,39). The summed E-state index contributed by atoms with van der Waals surface area (Å²) in [6.45, 7) is -0.354. The molecular formula is C18H17F17N2O6S. The molecule has 44 heavy (non-hydrogen) atoms. The van der Waals surface area contributed by atoms with Crippen LogP contribution in [0.2, 0.25) is 0 Å². The zero-order chi connectivity index (χ0) is 35.6. The van der Waals surface area contributed by atoms with E-state index >= 15 is 0 Å². The van der Waals surface area contributed by atoms with Gasteiger partial charge in [-0.2, -0.15) is 78.9 Å². The molecule has 0 radical (unpaired) electrons. The molecule has 0 spiro atoms. The van der Waals surface area contributed by atoms with E-state index < -0.39 is 106 Å². The van der Waals surface area contributed by atoms with E-state index in [9.17, 15) is 92.6 Å². The topological polar surface area (TPSA) is 102 Å². The van der Waals surface area contributed by atoms with Crippen molar-refractivity contribution in [2.75, 3.05) is 33.4 Å². The molecule has 0 aromatic rings. The summed E-state index contributed by atoms with van der Waals surface area (Å²) in [6.07, 6.45) is -9.53. The molecule has 0 heterocycles. The fourth-order valence-corrected chi connectivity index (χ4v) is 3.71. The van der Waals surface area contributed by atoms with E-state index in [0.29, 0.717) is 0 Å². The number of nitrogens with one attached hydrogen (secondary N) is 1. The third-order valence-corrected chi connectivity index (χ3v) is 6.97. The molecule has 0 aliphatic carbocycles. The zero-order valence-corrected chi connectivity index (χ0v) is 21.9. The van der Waals surface area contributed by atoms with Crippen molar-refractivity contribution in [3.63, 3.8) is 0 Å². The van der Waals surface area contributed by atoms with Crippen molar-refractivity contribution in [1.29, 1.82) is 0 Å². The molecule has 1 N–H and O–H groups in total. The summed E-state index contributed by atoms with van der Waals surface area (Å²) < 4.78 is 258. The molecule has 0 atom stereocenters. The number of amides is 1. The van der Waals surface area contributed by atoms with Gasteiger partial charge in [0.25, 0.3) is 10.0 Å². The minimum atomic E-state index is -8.93. The first kappa shape index (κ1) is 41.2. The number of hydrogen-bond donors (Lipinski definition) is 1. The third-order valence-electron chi connectivity index (χ3n) is 5.06. The van der Waals surface area contributed by atoms with Gasteiger partial charge in [0.1, 0.15) is 6.61 Å². The van der Waals surface area contributed by atoms with Gasteiger partial charge in [-0.05, 0) is 6.42 Å². The van der Waals surface area contributed by atoms with Crippen molar-refractivity contribution in [3.8, 4) is 0 Å². The lowest BCUT2D eigenvalue weighted by Gasteiger charge is -2.42. The SMILES string of the molecule is C=CC(=O)OCCNC(=O)OCCCN(C)S(=O)(=O)C(F)(F)C(F)(F)C(F)(F)C(F)(F)C(F)(F)C(F)(F)C(F)(F)C(F)(F)F. The van der Waals surface area contributed by atoms with Crippen LogP contribution in [-0.4, -0.2) is 105 Å². The molecule has 0 aromatic heterocycles. The Balaban J connectivity index is 5.97. The molecule has 0 aliphatic heterocycles. The number of alkyl carbamates (subject to hydrolysis) is 1. The van der Waals surface area contributed by atoms with E-state index in [1.54, 1.807) is 0 Å². The Labute approximate surface area is 234 Å². The van der Waals surface area contributed by atoms with Gasteiger partial charge in [-0.1, -0.05) is 6.58 Å². The highest BCUT2D eigenvalue weighted by atomic mass is 32.2. The summed E-state index contributed by atoms with van der Waals surface area (Å²) >= 11 is 0. The summed E-state index contributed by atoms with van der Waals surface area (Å²) in [5.41, 5.74) is 0. The number of alkyl halides is 17. The maximum atomic E-state index is 14.2. The quantitative estimate of drug-likeness (QED) is 0.104. The molecule has 1 amide bonds. The third kappa shape index (κ3) is 6.88. The predicted molar refractivity (Wildman–Crippen MR) is 107 cm³/mol. The van der Waals surface area contributed by atoms with Gasteiger partial charge in [0.15, 0.2) is 0 Å². The van der Waals surface area contributed by atoms with Crippen LogP contribution in [0.25, 0.3) is 0 Å². The molecule has 0 fully saturated rings. The van der Waals surface area contributed by atoms with E-state index in [0.717, 1.165) is 6.08 Å². The highest BCUT2D eigenvalue weighted by Crippen LogP contribution is 2.64. The van der Waals surface area contributed by atoms with Crippen LogP contribution >= 0.6 is 0 Å². The van der Waals surface area contributed by atoms with E-state index in [4.69, 9.17) is 0 Å². The number of sulfonamides is 1. The van der Waals surface area contributed by atoms with Gasteiger partial charge >= 0.3 is 59.0 Å². The number of ether oxygens (including phenoxy) is 2. The lowest BCUT2D eigenvalue weighted by atomic mass is 9.91. The Hall–Kier alpha value is -2.80. The Morgan fingerprint density at radius 2 is 1.11 bits per heavy atom. The van der Waals surface area contributed by atoms with Crippen LogP contribution in [0.4, 0.5) is 79.4 Å². The second kappa shape index (κ2) is 12.9. The molecule has 0 unspecified atom stereocenters. The van der Waals surface area contributed by atoms with E-state index in [1.807, 2.05) is 5.32 Å². The van der Waals surface area contributed by atoms with Crippen molar-refractivity contribution in [2.45, 2.75) is 53.4 Å². The van der Waals surface area contributed by atoms with Crippen LogP contribution in [0.5, 0.6) is 0 Å². The first-order valence-electron chi connectivity index (χ1n) is 10.6. The molecule has 0 saturated carbocycles. The van der Waals surface area contributed by atoms with Crippen molar-refractivity contribution in [1.82, 2.24) is 9.62 Å². The van der Waals surface area contributed by atoms with Crippen LogP contribution in [0.3, 0.4) is 0 Å². The van der Waals surface area contributed by atoms with Gasteiger partial charge in [-0.15, -0.1) is 0 Å². The summed E-state index contributed by atoms with van der Waals surface area (Å²) in [6, 6.07) is 0. The highest BCUT2D eigenvalue weighted by molar-refractivity contribution is 7.90. The fourth-order valence-electron chi connectivity index (χ4n) is 2.49. The summed E-state index contributed by atoms with van der Waals surface area (Å²) in [7, 11) is -7.58. The number of carbonyl (C=O) groups is 2. The number of nitrogens with zero attached hydrogens (tertiary/aromatic N) is 1. The maximum absolute atomic E-state index is 14.2. The van der Waals surface area contributed by atoms with Gasteiger partial charge in [-0.25, -0.2) is 18.0 Å². The molecule has 26 heteroatoms. The highest BCUT2D eigenvalue weighted by Gasteiger charge is 2.96. The molecule has 260 valence electrons. The van der Waals surface area contributed by atoms with Crippen LogP contribution in [0.1, 0.15) is 6.42 Å². The number of esters is 1. The molecular weight excluding hydrogens is 695 g/mol. The van der Waals surface area contributed by atoms with Gasteiger partial charge in [0.2, 0.25) is 0 Å². The monoisotopic (exact) mass is 712 g/mol. The van der Waals surface area contributed by atoms with Crippen molar-refractivity contribution in [2.24, 2.45) is 0 Å². The van der Waals surface area contributed by atoms with Crippen molar-refractivity contribution in [3.05, 3.63) is 12.7 Å². The Bertz CT molecular complexity index is 1160. The second-order valence-electron chi connectivity index (χ2n) is 8.08. The van der Waals surface area contributed by atoms with Gasteiger partial charge in [-0.3, -0.25) is 0 Å². The number of halogens is 17. The van der Waals surface area contributed by atoms with Gasteiger partial charge < -0.3 is 14.8 Å². The summed E-state index contributed by atoms with van der Waals surface area (Å²) in [4.78, 5) is 22.1. The number of carbonyl (C=O) groups excluding carboxylic acids is 2. The molecule has 0 aromatic carbocycles. The smallest absolute Gasteiger partial charge is 0.460 e. The molecule has 0 bridgehead atoms. The van der Waals surface area contributed by atoms with Crippen molar-refractivity contribution < 1.29 is 102 Å². The summed E-state index contributed by atoms with van der Waals surface area (Å²) in [5, 5.41) is -5.79. The molecule has 0 aliphatic rings. The lowest BCUT2D eigenvalue weighted by Crippen LogP contribution is -2.75. The Morgan fingerprint density at radius 1 is 0.705 bits per heavy atom. The minimum absolute atomic E-state index is 0.143. The molecule has 0 rings (SSSR count). The van der Waals surface area contributed by atoms with Crippen molar-refractivity contribution >= 4 is 22.1 Å². The van der Waals surface area contributed by atoms with E-state index in [-0.39, 0.29) is 7.05 Å². The number of rotatable bonds is 16. The minimum Gasteiger partial charge on any atom is -0.461 e. The first-order valence-corrected chi connectivity index (χ1v) is 12.1. The fraction of sp³-hybridized carbons (Fsp3) is 0.778. The van der Waals surface area contributed by atoms with Crippen LogP contribution in [-0.2, 0) is 24.3 Å². The largest absolute Gasteiger partial charge is 0.461 e. The second-order valence-corrected chi connectivity index (χ2v) is 10.2. The van der Waals surface area contributed by atoms with E-state index in [2.05, 4.69) is 16.1 Å². The predicted octanol–water partition coefficient (Wildman–Crippen LogP) is 5.06. The normalized spacial score (nSPS) is 14.8. The average Bonchev–Trinajstić information content (AvgIpc) is 2.87. The number of hydrogen-bond acceptors (Lipinski definition) is 6. The van der Waals surface area contributed by atoms with Crippen LogP contribution in [0, 0.1) is 0 Å².